The normalized spacial score (nSPS) is 10.7. The number of para-hydroxylation sites is 1. The number of aromatic carboxylic acids is 1. The molecule has 0 unspecified atom stereocenters. The van der Waals surface area contributed by atoms with Crippen LogP contribution in [-0.2, 0) is 4.79 Å². The maximum absolute atomic E-state index is 12.2. The number of fused-ring (bicyclic) bond motifs is 1. The van der Waals surface area contributed by atoms with Crippen LogP contribution in [0.4, 0.5) is 11.4 Å². The third-order valence-corrected chi connectivity index (χ3v) is 4.43. The molecule has 0 saturated carbocycles. The predicted molar refractivity (Wildman–Crippen MR) is 105 cm³/mol. The maximum atomic E-state index is 12.2. The van der Waals surface area contributed by atoms with Crippen molar-refractivity contribution in [2.75, 3.05) is 5.32 Å². The molecule has 2 aromatic carbocycles. The van der Waals surface area contributed by atoms with E-state index >= 15 is 0 Å². The zero-order chi connectivity index (χ0) is 21.3. The van der Waals surface area contributed by atoms with Crippen LogP contribution in [0.25, 0.3) is 17.0 Å². The van der Waals surface area contributed by atoms with Crippen LogP contribution >= 0.6 is 23.2 Å². The number of amides is 1. The Morgan fingerprint density at radius 1 is 1.23 bits per heavy atom. The second-order valence-corrected chi connectivity index (χ2v) is 6.61. The summed E-state index contributed by atoms with van der Waals surface area (Å²) in [5, 5.41) is 35.3. The molecule has 0 bridgehead atoms. The largest absolute Gasteiger partial charge is 1.00 e. The van der Waals surface area contributed by atoms with E-state index in [2.05, 4.69) is 10.3 Å². The zero-order valence-electron chi connectivity index (χ0n) is 15.2. The number of aromatic amines is 1. The van der Waals surface area contributed by atoms with Gasteiger partial charge in [-0.25, -0.2) is 4.79 Å². The number of nitro benzene ring substituents is 1. The van der Waals surface area contributed by atoms with Gasteiger partial charge in [-0.2, -0.15) is 0 Å². The van der Waals surface area contributed by atoms with Crippen LogP contribution in [0.3, 0.4) is 0 Å². The molecule has 0 aliphatic carbocycles. The number of carboxylic acid groups (broad SMARTS) is 1. The van der Waals surface area contributed by atoms with Gasteiger partial charge in [0.25, 0.3) is 5.69 Å². The van der Waals surface area contributed by atoms with Crippen LogP contribution in [0.2, 0.25) is 10.0 Å². The Bertz CT molecular complexity index is 1210. The molecular formula is C18H10Cl2N3NaO6. The van der Waals surface area contributed by atoms with Crippen molar-refractivity contribution < 1.29 is 54.3 Å². The van der Waals surface area contributed by atoms with Gasteiger partial charge in [0, 0.05) is 39.3 Å². The van der Waals surface area contributed by atoms with Gasteiger partial charge in [0.1, 0.15) is 5.69 Å². The first-order valence-corrected chi connectivity index (χ1v) is 8.62. The second kappa shape index (κ2) is 9.50. The molecule has 12 heteroatoms. The SMILES string of the molecule is O=C(/C=C/c1c(C(=O)O)[nH]c2cc(Cl)cc(Cl)c12)Nc1cccc([N+](=O)[O-])c1[O-].[Na+]. The smallest absolute Gasteiger partial charge is 0.866 e. The third kappa shape index (κ3) is 4.77. The summed E-state index contributed by atoms with van der Waals surface area (Å²) < 4.78 is 0. The van der Waals surface area contributed by atoms with Gasteiger partial charge in [-0.1, -0.05) is 29.3 Å². The number of rotatable bonds is 5. The first-order chi connectivity index (χ1) is 13.7. The van der Waals surface area contributed by atoms with E-state index in [-0.39, 0.29) is 51.5 Å². The molecule has 3 N–H and O–H groups in total. The number of hydrogen-bond donors (Lipinski definition) is 3. The Balaban J connectivity index is 0.00000320. The molecule has 3 rings (SSSR count). The number of benzene rings is 2. The summed E-state index contributed by atoms with van der Waals surface area (Å²) in [4.78, 5) is 36.3. The van der Waals surface area contributed by atoms with Crippen molar-refractivity contribution in [3.05, 3.63) is 67.8 Å². The fraction of sp³-hybridized carbons (Fsp3) is 0. The number of nitro groups is 1. The fourth-order valence-corrected chi connectivity index (χ4v) is 3.30. The summed E-state index contributed by atoms with van der Waals surface area (Å²) >= 11 is 12.1. The van der Waals surface area contributed by atoms with Crippen LogP contribution in [0.5, 0.6) is 5.75 Å². The fourth-order valence-electron chi connectivity index (χ4n) is 2.71. The summed E-state index contributed by atoms with van der Waals surface area (Å²) in [5.41, 5.74) is -0.685. The minimum Gasteiger partial charge on any atom is -0.866 e. The summed E-state index contributed by atoms with van der Waals surface area (Å²) in [6, 6.07) is 6.40. The van der Waals surface area contributed by atoms with Gasteiger partial charge in [-0.05, 0) is 30.0 Å². The van der Waals surface area contributed by atoms with E-state index in [9.17, 15) is 29.9 Å². The van der Waals surface area contributed by atoms with Gasteiger partial charge in [0.2, 0.25) is 5.91 Å². The quantitative estimate of drug-likeness (QED) is 0.223. The number of nitrogens with one attached hydrogen (secondary N) is 2. The molecule has 1 amide bonds. The first-order valence-electron chi connectivity index (χ1n) is 7.86. The number of carbonyl (C=O) groups is 2. The molecule has 0 saturated heterocycles. The average Bonchev–Trinajstić information content (AvgIpc) is 3.00. The topological polar surface area (TPSA) is 148 Å². The molecule has 0 aliphatic heterocycles. The molecule has 0 atom stereocenters. The Labute approximate surface area is 200 Å². The second-order valence-electron chi connectivity index (χ2n) is 5.76. The van der Waals surface area contributed by atoms with Gasteiger partial charge >= 0.3 is 35.5 Å². The number of anilines is 1. The monoisotopic (exact) mass is 457 g/mol. The van der Waals surface area contributed by atoms with Gasteiger partial charge in [-0.3, -0.25) is 14.9 Å². The standard InChI is InChI=1S/C18H11Cl2N3O6.Na/c19-8-6-10(20)15-9(16(18(26)27)22-12(15)7-8)4-5-14(24)21-11-2-1-3-13(17(11)25)23(28)29;/h1-7,22,25H,(H,21,24)(H,26,27);/q;+1/p-1/b5-4+;. The van der Waals surface area contributed by atoms with Crippen LogP contribution in [0, 0.1) is 10.1 Å². The summed E-state index contributed by atoms with van der Waals surface area (Å²) in [6.45, 7) is 0. The number of hydrogen-bond acceptors (Lipinski definition) is 5. The third-order valence-electron chi connectivity index (χ3n) is 3.92. The van der Waals surface area contributed by atoms with Gasteiger partial charge in [-0.15, -0.1) is 0 Å². The Morgan fingerprint density at radius 3 is 2.57 bits per heavy atom. The van der Waals surface area contributed by atoms with Crippen LogP contribution in [0.15, 0.2) is 36.4 Å². The van der Waals surface area contributed by atoms with Crippen molar-refractivity contribution >= 4 is 63.4 Å². The van der Waals surface area contributed by atoms with E-state index in [4.69, 9.17) is 23.2 Å². The molecule has 0 aliphatic rings. The molecule has 3 aromatic rings. The maximum Gasteiger partial charge on any atom is 1.00 e. The molecule has 0 fully saturated rings. The molecule has 0 spiro atoms. The van der Waals surface area contributed by atoms with Gasteiger partial charge in [0.15, 0.2) is 0 Å². The molecule has 9 nitrogen and oxygen atoms in total. The Hall–Kier alpha value is -2.56. The van der Waals surface area contributed by atoms with Crippen LogP contribution in [0.1, 0.15) is 16.1 Å². The van der Waals surface area contributed by atoms with Crippen molar-refractivity contribution in [1.82, 2.24) is 4.98 Å². The van der Waals surface area contributed by atoms with Crippen LogP contribution < -0.4 is 40.0 Å². The summed E-state index contributed by atoms with van der Waals surface area (Å²) in [6.07, 6.45) is 2.19. The van der Waals surface area contributed by atoms with E-state index in [0.29, 0.717) is 15.9 Å². The average molecular weight is 458 g/mol. The molecule has 30 heavy (non-hydrogen) atoms. The number of carboxylic acids is 1. The number of halogens is 2. The van der Waals surface area contributed by atoms with Crippen molar-refractivity contribution in [3.63, 3.8) is 0 Å². The molecule has 0 radical (unpaired) electrons. The van der Waals surface area contributed by atoms with Crippen molar-refractivity contribution in [1.29, 1.82) is 0 Å². The van der Waals surface area contributed by atoms with E-state index < -0.39 is 28.2 Å². The van der Waals surface area contributed by atoms with Crippen molar-refractivity contribution in [2.45, 2.75) is 0 Å². The van der Waals surface area contributed by atoms with E-state index in [1.807, 2.05) is 0 Å². The zero-order valence-corrected chi connectivity index (χ0v) is 18.7. The number of nitrogens with zero attached hydrogens (tertiary/aromatic N) is 1. The van der Waals surface area contributed by atoms with E-state index in [1.165, 1.54) is 30.3 Å². The van der Waals surface area contributed by atoms with Crippen LogP contribution in [-0.4, -0.2) is 26.9 Å². The first kappa shape index (κ1) is 23.7. The summed E-state index contributed by atoms with van der Waals surface area (Å²) in [7, 11) is 0. The van der Waals surface area contributed by atoms with Gasteiger partial charge in [0.05, 0.1) is 9.95 Å². The number of carbonyl (C=O) groups excluding carboxylic acids is 1. The Morgan fingerprint density at radius 2 is 1.93 bits per heavy atom. The number of aromatic nitrogens is 1. The van der Waals surface area contributed by atoms with Crippen molar-refractivity contribution in [3.8, 4) is 5.75 Å². The minimum absolute atomic E-state index is 0. The predicted octanol–water partition coefficient (Wildman–Crippen LogP) is 0.811. The van der Waals surface area contributed by atoms with Crippen molar-refractivity contribution in [2.24, 2.45) is 0 Å². The van der Waals surface area contributed by atoms with Gasteiger partial charge < -0.3 is 20.5 Å². The minimum atomic E-state index is -1.28. The molecule has 1 aromatic heterocycles. The Kier molecular flexibility index (Phi) is 7.51. The number of H-pyrrole nitrogens is 1. The summed E-state index contributed by atoms with van der Waals surface area (Å²) in [5.74, 6) is -3.03. The van der Waals surface area contributed by atoms with E-state index in [0.717, 1.165) is 12.1 Å². The molecule has 1 heterocycles. The molecular weight excluding hydrogens is 448 g/mol. The van der Waals surface area contributed by atoms with E-state index in [1.54, 1.807) is 0 Å². The molecule has 148 valence electrons.